The lowest BCUT2D eigenvalue weighted by Crippen LogP contribution is -2.39. The van der Waals surface area contributed by atoms with Gasteiger partial charge in [0.05, 0.1) is 0 Å². The number of amides is 2. The van der Waals surface area contributed by atoms with Crippen molar-refractivity contribution in [2.45, 2.75) is 12.8 Å². The molecule has 2 aromatic rings. The number of pyridine rings is 1. The van der Waals surface area contributed by atoms with Gasteiger partial charge >= 0.3 is 6.03 Å². The molecule has 0 bridgehead atoms. The molecule has 126 valence electrons. The first kappa shape index (κ1) is 16.1. The first-order valence-electron chi connectivity index (χ1n) is 7.99. The standard InChI is InChI=1S/C18H21N3O3/c1-21(11-7-14-4-8-19-9-5-14)18(22)20-10-6-15-2-3-16-17(12-15)24-13-23-16/h2-5,8-9,12H,6-7,10-11,13H2,1H3,(H,20,22). The van der Waals surface area contributed by atoms with Gasteiger partial charge < -0.3 is 19.7 Å². The first-order valence-corrected chi connectivity index (χ1v) is 7.99. The second-order valence-corrected chi connectivity index (χ2v) is 5.70. The maximum atomic E-state index is 12.1. The van der Waals surface area contributed by atoms with Crippen LogP contribution in [0.1, 0.15) is 11.1 Å². The normalized spacial score (nSPS) is 12.0. The lowest BCUT2D eigenvalue weighted by molar-refractivity contribution is 0.174. The SMILES string of the molecule is CN(CCc1ccncc1)C(=O)NCCc1ccc2c(c1)OCO2. The monoisotopic (exact) mass is 327 g/mol. The molecule has 0 fully saturated rings. The molecular formula is C18H21N3O3. The molecule has 3 rings (SSSR count). The Hall–Kier alpha value is -2.76. The van der Waals surface area contributed by atoms with Gasteiger partial charge in [0.15, 0.2) is 11.5 Å². The van der Waals surface area contributed by atoms with Crippen molar-refractivity contribution in [3.63, 3.8) is 0 Å². The van der Waals surface area contributed by atoms with E-state index in [0.717, 1.165) is 29.9 Å². The van der Waals surface area contributed by atoms with E-state index in [1.165, 1.54) is 5.56 Å². The van der Waals surface area contributed by atoms with Crippen LogP contribution in [0.15, 0.2) is 42.7 Å². The molecule has 6 heteroatoms. The van der Waals surface area contributed by atoms with E-state index in [1.807, 2.05) is 30.3 Å². The summed E-state index contributed by atoms with van der Waals surface area (Å²) in [5.41, 5.74) is 2.28. The predicted octanol–water partition coefficient (Wildman–Crippen LogP) is 2.24. The molecule has 0 saturated carbocycles. The minimum Gasteiger partial charge on any atom is -0.454 e. The Morgan fingerprint density at radius 1 is 1.12 bits per heavy atom. The van der Waals surface area contributed by atoms with Crippen LogP contribution < -0.4 is 14.8 Å². The number of likely N-dealkylation sites (N-methyl/N-ethyl adjacent to an activating group) is 1. The highest BCUT2D eigenvalue weighted by atomic mass is 16.7. The number of rotatable bonds is 6. The Balaban J connectivity index is 1.40. The molecular weight excluding hydrogens is 306 g/mol. The van der Waals surface area contributed by atoms with Gasteiger partial charge in [0, 0.05) is 32.5 Å². The summed E-state index contributed by atoms with van der Waals surface area (Å²) >= 11 is 0. The third-order valence-electron chi connectivity index (χ3n) is 3.96. The number of carbonyl (C=O) groups is 1. The highest BCUT2D eigenvalue weighted by molar-refractivity contribution is 5.73. The number of ether oxygens (including phenoxy) is 2. The van der Waals surface area contributed by atoms with Crippen molar-refractivity contribution < 1.29 is 14.3 Å². The number of nitrogens with zero attached hydrogens (tertiary/aromatic N) is 2. The van der Waals surface area contributed by atoms with Crippen molar-refractivity contribution in [2.24, 2.45) is 0 Å². The zero-order valence-corrected chi connectivity index (χ0v) is 13.7. The van der Waals surface area contributed by atoms with Crippen LogP contribution >= 0.6 is 0 Å². The molecule has 1 aliphatic rings. The van der Waals surface area contributed by atoms with E-state index >= 15 is 0 Å². The van der Waals surface area contributed by atoms with Crippen LogP contribution in [0.5, 0.6) is 11.5 Å². The average molecular weight is 327 g/mol. The molecule has 24 heavy (non-hydrogen) atoms. The summed E-state index contributed by atoms with van der Waals surface area (Å²) in [4.78, 5) is 17.8. The van der Waals surface area contributed by atoms with Crippen LogP contribution in [0.3, 0.4) is 0 Å². The van der Waals surface area contributed by atoms with Crippen molar-refractivity contribution in [2.75, 3.05) is 26.9 Å². The van der Waals surface area contributed by atoms with Gasteiger partial charge in [0.1, 0.15) is 0 Å². The fourth-order valence-electron chi connectivity index (χ4n) is 2.49. The topological polar surface area (TPSA) is 63.7 Å². The smallest absolute Gasteiger partial charge is 0.317 e. The minimum absolute atomic E-state index is 0.0650. The van der Waals surface area contributed by atoms with Crippen LogP contribution in [-0.2, 0) is 12.8 Å². The van der Waals surface area contributed by atoms with E-state index < -0.39 is 0 Å². The number of aromatic nitrogens is 1. The number of carbonyl (C=O) groups excluding carboxylic acids is 1. The summed E-state index contributed by atoms with van der Waals surface area (Å²) in [5.74, 6) is 1.55. The van der Waals surface area contributed by atoms with Gasteiger partial charge in [-0.3, -0.25) is 4.98 Å². The lowest BCUT2D eigenvalue weighted by Gasteiger charge is -2.18. The molecule has 1 aliphatic heterocycles. The van der Waals surface area contributed by atoms with E-state index in [4.69, 9.17) is 9.47 Å². The zero-order valence-electron chi connectivity index (χ0n) is 13.7. The molecule has 1 aromatic carbocycles. The number of fused-ring (bicyclic) bond motifs is 1. The second kappa shape index (κ2) is 7.68. The summed E-state index contributed by atoms with van der Waals surface area (Å²) in [5, 5.41) is 2.94. The second-order valence-electron chi connectivity index (χ2n) is 5.70. The Morgan fingerprint density at radius 2 is 1.92 bits per heavy atom. The number of urea groups is 1. The number of hydrogen-bond donors (Lipinski definition) is 1. The predicted molar refractivity (Wildman–Crippen MR) is 90.2 cm³/mol. The molecule has 2 amide bonds. The fourth-order valence-corrected chi connectivity index (χ4v) is 2.49. The van der Waals surface area contributed by atoms with Crippen molar-refractivity contribution in [1.29, 1.82) is 0 Å². The highest BCUT2D eigenvalue weighted by Gasteiger charge is 2.13. The summed E-state index contributed by atoms with van der Waals surface area (Å²) in [6.07, 6.45) is 5.09. The highest BCUT2D eigenvalue weighted by Crippen LogP contribution is 2.32. The third kappa shape index (κ3) is 4.16. The van der Waals surface area contributed by atoms with E-state index in [-0.39, 0.29) is 12.8 Å². The molecule has 0 unspecified atom stereocenters. The molecule has 1 aromatic heterocycles. The van der Waals surface area contributed by atoms with Gasteiger partial charge in [-0.1, -0.05) is 6.07 Å². The van der Waals surface area contributed by atoms with Gasteiger partial charge in [-0.2, -0.15) is 0 Å². The maximum absolute atomic E-state index is 12.1. The van der Waals surface area contributed by atoms with Gasteiger partial charge in [0.25, 0.3) is 0 Å². The van der Waals surface area contributed by atoms with Crippen LogP contribution in [0.4, 0.5) is 4.79 Å². The molecule has 0 aliphatic carbocycles. The molecule has 2 heterocycles. The van der Waals surface area contributed by atoms with E-state index in [9.17, 15) is 4.79 Å². The van der Waals surface area contributed by atoms with Crippen molar-refractivity contribution >= 4 is 6.03 Å². The summed E-state index contributed by atoms with van der Waals surface area (Å²) in [6.45, 7) is 1.52. The van der Waals surface area contributed by atoms with Crippen LogP contribution in [0.2, 0.25) is 0 Å². The first-order chi connectivity index (χ1) is 11.7. The van der Waals surface area contributed by atoms with E-state index in [1.54, 1.807) is 24.3 Å². The maximum Gasteiger partial charge on any atom is 0.317 e. The minimum atomic E-state index is -0.0650. The van der Waals surface area contributed by atoms with Crippen molar-refractivity contribution in [3.8, 4) is 11.5 Å². The van der Waals surface area contributed by atoms with E-state index in [2.05, 4.69) is 10.3 Å². The van der Waals surface area contributed by atoms with E-state index in [0.29, 0.717) is 13.1 Å². The zero-order chi connectivity index (χ0) is 16.8. The number of nitrogens with one attached hydrogen (secondary N) is 1. The Kier molecular flexibility index (Phi) is 5.15. The summed E-state index contributed by atoms with van der Waals surface area (Å²) in [6, 6.07) is 9.72. The van der Waals surface area contributed by atoms with Crippen molar-refractivity contribution in [1.82, 2.24) is 15.2 Å². The van der Waals surface area contributed by atoms with Gasteiger partial charge in [0.2, 0.25) is 6.79 Å². The van der Waals surface area contributed by atoms with Crippen LogP contribution in [-0.4, -0.2) is 42.8 Å². The van der Waals surface area contributed by atoms with Crippen molar-refractivity contribution in [3.05, 3.63) is 53.9 Å². The molecule has 0 atom stereocenters. The number of hydrogen-bond acceptors (Lipinski definition) is 4. The molecule has 6 nitrogen and oxygen atoms in total. The Bertz CT molecular complexity index is 691. The quantitative estimate of drug-likeness (QED) is 0.884. The third-order valence-corrected chi connectivity index (χ3v) is 3.96. The van der Waals surface area contributed by atoms with Gasteiger partial charge in [-0.25, -0.2) is 4.79 Å². The molecule has 0 radical (unpaired) electrons. The number of benzene rings is 1. The van der Waals surface area contributed by atoms with Gasteiger partial charge in [-0.05, 0) is 48.2 Å². The lowest BCUT2D eigenvalue weighted by atomic mass is 10.1. The fraction of sp³-hybridized carbons (Fsp3) is 0.333. The van der Waals surface area contributed by atoms with Crippen LogP contribution in [0, 0.1) is 0 Å². The largest absolute Gasteiger partial charge is 0.454 e. The summed E-state index contributed by atoms with van der Waals surface area (Å²) in [7, 11) is 1.80. The molecule has 0 saturated heterocycles. The molecule has 0 spiro atoms. The summed E-state index contributed by atoms with van der Waals surface area (Å²) < 4.78 is 10.6. The average Bonchev–Trinajstić information content (AvgIpc) is 3.08. The molecule has 1 N–H and O–H groups in total. The Morgan fingerprint density at radius 3 is 2.75 bits per heavy atom. The van der Waals surface area contributed by atoms with Crippen LogP contribution in [0.25, 0.3) is 0 Å². The van der Waals surface area contributed by atoms with Gasteiger partial charge in [-0.15, -0.1) is 0 Å². The Labute approximate surface area is 141 Å².